The van der Waals surface area contributed by atoms with E-state index in [1.54, 1.807) is 24.0 Å². The minimum absolute atomic E-state index is 0.0458. The van der Waals surface area contributed by atoms with E-state index in [4.69, 9.17) is 4.42 Å². The predicted octanol–water partition coefficient (Wildman–Crippen LogP) is 3.74. The second-order valence-corrected chi connectivity index (χ2v) is 7.57. The van der Waals surface area contributed by atoms with Gasteiger partial charge in [-0.3, -0.25) is 9.59 Å². The molecule has 29 heavy (non-hydrogen) atoms. The van der Waals surface area contributed by atoms with E-state index >= 15 is 0 Å². The van der Waals surface area contributed by atoms with Gasteiger partial charge in [0.05, 0.1) is 0 Å². The average molecular weight is 397 g/mol. The van der Waals surface area contributed by atoms with Crippen LogP contribution in [0.4, 0.5) is 5.82 Å². The van der Waals surface area contributed by atoms with E-state index < -0.39 is 11.5 Å². The fraction of sp³-hybridized carbons (Fsp3) is 0.455. The zero-order valence-corrected chi connectivity index (χ0v) is 17.2. The zero-order chi connectivity index (χ0) is 21.0. The van der Waals surface area contributed by atoms with Crippen LogP contribution in [0.2, 0.25) is 0 Å². The topological polar surface area (TPSA) is 92.5 Å². The number of hydrogen-bond acceptors (Lipinski definition) is 5. The summed E-state index contributed by atoms with van der Waals surface area (Å²) in [6.45, 7) is 7.26. The van der Waals surface area contributed by atoms with E-state index in [0.29, 0.717) is 16.9 Å². The van der Waals surface area contributed by atoms with Crippen LogP contribution in [-0.2, 0) is 0 Å². The fourth-order valence-corrected chi connectivity index (χ4v) is 3.64. The maximum Gasteiger partial charge on any atom is 0.349 e. The Morgan fingerprint density at radius 2 is 2.00 bits per heavy atom. The van der Waals surface area contributed by atoms with Crippen LogP contribution in [0.5, 0.6) is 0 Å². The normalized spacial score (nSPS) is 14.7. The summed E-state index contributed by atoms with van der Waals surface area (Å²) in [5.74, 6) is 0.248. The van der Waals surface area contributed by atoms with E-state index in [0.717, 1.165) is 38.8 Å². The van der Waals surface area contributed by atoms with Crippen LogP contribution in [0.25, 0.3) is 0 Å². The molecule has 1 aliphatic rings. The van der Waals surface area contributed by atoms with Gasteiger partial charge in [-0.2, -0.15) is 0 Å². The summed E-state index contributed by atoms with van der Waals surface area (Å²) >= 11 is 0. The van der Waals surface area contributed by atoms with Gasteiger partial charge in [-0.25, -0.2) is 9.78 Å². The highest BCUT2D eigenvalue weighted by atomic mass is 16.4. The molecule has 0 bridgehead atoms. The number of hydrogen-bond donors (Lipinski definition) is 1. The van der Waals surface area contributed by atoms with Gasteiger partial charge in [-0.15, -0.1) is 0 Å². The second kappa shape index (κ2) is 9.03. The van der Waals surface area contributed by atoms with E-state index in [1.807, 2.05) is 6.92 Å². The molecule has 2 aromatic heterocycles. The summed E-state index contributed by atoms with van der Waals surface area (Å²) in [5.41, 5.74) is 0.311. The molecule has 1 aliphatic heterocycles. The van der Waals surface area contributed by atoms with Crippen molar-refractivity contribution in [1.82, 2.24) is 9.88 Å². The van der Waals surface area contributed by atoms with Gasteiger partial charge in [0, 0.05) is 30.8 Å². The molecule has 7 nitrogen and oxygen atoms in total. The van der Waals surface area contributed by atoms with Crippen molar-refractivity contribution in [3.8, 4) is 0 Å². The number of anilines is 1. The summed E-state index contributed by atoms with van der Waals surface area (Å²) < 4.78 is 5.39. The van der Waals surface area contributed by atoms with E-state index in [9.17, 15) is 14.4 Å². The molecular formula is C22H27N3O4. The molecule has 2 amide bonds. The maximum absolute atomic E-state index is 12.7. The van der Waals surface area contributed by atoms with Crippen molar-refractivity contribution in [3.63, 3.8) is 0 Å². The molecular weight excluding hydrogens is 370 g/mol. The van der Waals surface area contributed by atoms with Crippen LogP contribution < -0.4 is 10.9 Å². The molecule has 7 heteroatoms. The Morgan fingerprint density at radius 3 is 2.66 bits per heavy atom. The Morgan fingerprint density at radius 1 is 1.28 bits per heavy atom. The van der Waals surface area contributed by atoms with Gasteiger partial charge >= 0.3 is 5.63 Å². The molecule has 3 heterocycles. The minimum Gasteiger partial charge on any atom is -0.427 e. The third kappa shape index (κ3) is 4.72. The molecule has 0 spiro atoms. The third-order valence-electron chi connectivity index (χ3n) is 5.24. The van der Waals surface area contributed by atoms with Crippen molar-refractivity contribution in [2.24, 2.45) is 0 Å². The lowest BCUT2D eigenvalue weighted by molar-refractivity contribution is 0.0792. The summed E-state index contributed by atoms with van der Waals surface area (Å²) in [4.78, 5) is 43.6. The highest BCUT2D eigenvalue weighted by Crippen LogP contribution is 2.21. The van der Waals surface area contributed by atoms with Crippen LogP contribution >= 0.6 is 0 Å². The Bertz CT molecular complexity index is 961. The van der Waals surface area contributed by atoms with Crippen LogP contribution in [0.3, 0.4) is 0 Å². The van der Waals surface area contributed by atoms with Crippen molar-refractivity contribution < 1.29 is 14.0 Å². The van der Waals surface area contributed by atoms with E-state index in [2.05, 4.69) is 17.2 Å². The van der Waals surface area contributed by atoms with Gasteiger partial charge in [0.15, 0.2) is 0 Å². The first kappa shape index (κ1) is 20.8. The van der Waals surface area contributed by atoms with Crippen LogP contribution in [0.15, 0.2) is 33.6 Å². The SMILES string of the molecule is CCCC(C)c1cc(C)c(C(=O)Nc2cc(C(=O)N3CCCC3)ccn2)c(=O)o1. The van der Waals surface area contributed by atoms with Crippen LogP contribution in [0, 0.1) is 6.92 Å². The second-order valence-electron chi connectivity index (χ2n) is 7.57. The van der Waals surface area contributed by atoms with E-state index in [-0.39, 0.29) is 23.2 Å². The molecule has 0 aliphatic carbocycles. The Hall–Kier alpha value is -2.96. The number of aromatic nitrogens is 1. The number of likely N-dealkylation sites (tertiary alicyclic amines) is 1. The highest BCUT2D eigenvalue weighted by molar-refractivity contribution is 6.05. The number of aryl methyl sites for hydroxylation is 1. The van der Waals surface area contributed by atoms with Gasteiger partial charge in [-0.05, 0) is 49.9 Å². The number of carbonyl (C=O) groups is 2. The van der Waals surface area contributed by atoms with Gasteiger partial charge in [0.2, 0.25) is 0 Å². The lowest BCUT2D eigenvalue weighted by Crippen LogP contribution is -2.28. The van der Waals surface area contributed by atoms with Crippen molar-refractivity contribution >= 4 is 17.6 Å². The van der Waals surface area contributed by atoms with Crippen molar-refractivity contribution in [1.29, 1.82) is 0 Å². The quantitative estimate of drug-likeness (QED) is 0.802. The number of pyridine rings is 1. The molecule has 1 unspecified atom stereocenters. The van der Waals surface area contributed by atoms with Crippen molar-refractivity contribution in [3.05, 3.63) is 57.3 Å². The molecule has 2 aromatic rings. The van der Waals surface area contributed by atoms with Crippen LogP contribution in [0.1, 0.15) is 77.5 Å². The number of nitrogens with one attached hydrogen (secondary N) is 1. The molecule has 3 rings (SSSR count). The Labute approximate surface area is 170 Å². The molecule has 1 atom stereocenters. The minimum atomic E-state index is -0.662. The number of nitrogens with zero attached hydrogens (tertiary/aromatic N) is 2. The van der Waals surface area contributed by atoms with Gasteiger partial charge in [0.25, 0.3) is 11.8 Å². The zero-order valence-electron chi connectivity index (χ0n) is 17.2. The maximum atomic E-state index is 12.7. The summed E-state index contributed by atoms with van der Waals surface area (Å²) in [7, 11) is 0. The molecule has 1 N–H and O–H groups in total. The highest BCUT2D eigenvalue weighted by Gasteiger charge is 2.22. The fourth-order valence-electron chi connectivity index (χ4n) is 3.64. The van der Waals surface area contributed by atoms with Gasteiger partial charge < -0.3 is 14.6 Å². The molecule has 0 saturated carbocycles. The van der Waals surface area contributed by atoms with Crippen molar-refractivity contribution in [2.45, 2.75) is 52.4 Å². The molecule has 1 saturated heterocycles. The first-order valence-electron chi connectivity index (χ1n) is 10.1. The summed E-state index contributed by atoms with van der Waals surface area (Å²) in [6.07, 6.45) is 5.36. The molecule has 154 valence electrons. The third-order valence-corrected chi connectivity index (χ3v) is 5.24. The van der Waals surface area contributed by atoms with E-state index in [1.165, 1.54) is 12.3 Å². The molecule has 1 fully saturated rings. The van der Waals surface area contributed by atoms with Gasteiger partial charge in [-0.1, -0.05) is 20.3 Å². The smallest absolute Gasteiger partial charge is 0.349 e. The molecule has 0 aromatic carbocycles. The summed E-state index contributed by atoms with van der Waals surface area (Å²) in [6, 6.07) is 4.91. The monoisotopic (exact) mass is 397 g/mol. The Balaban J connectivity index is 1.79. The average Bonchev–Trinajstić information content (AvgIpc) is 3.22. The Kier molecular flexibility index (Phi) is 6.46. The number of amides is 2. The van der Waals surface area contributed by atoms with Gasteiger partial charge in [0.1, 0.15) is 17.1 Å². The first-order valence-corrected chi connectivity index (χ1v) is 10.1. The van der Waals surface area contributed by atoms with Crippen LogP contribution in [-0.4, -0.2) is 34.8 Å². The summed E-state index contributed by atoms with van der Waals surface area (Å²) in [5, 5.41) is 2.62. The first-order chi connectivity index (χ1) is 13.9. The number of carbonyl (C=O) groups excluding carboxylic acids is 2. The number of rotatable bonds is 6. The lowest BCUT2D eigenvalue weighted by Gasteiger charge is -2.15. The predicted molar refractivity (Wildman–Crippen MR) is 110 cm³/mol. The molecule has 0 radical (unpaired) electrons. The lowest BCUT2D eigenvalue weighted by atomic mass is 10.0. The largest absolute Gasteiger partial charge is 0.427 e. The standard InChI is InChI=1S/C22H27N3O4/c1-4-7-14(2)17-12-15(3)19(22(28)29-17)20(26)24-18-13-16(8-9-23-18)21(27)25-10-5-6-11-25/h8-9,12-14H,4-7,10-11H2,1-3H3,(H,23,24,26). The van der Waals surface area contributed by atoms with Crippen molar-refractivity contribution in [2.75, 3.05) is 18.4 Å².